The molecule has 5 nitrogen and oxygen atoms in total. The first kappa shape index (κ1) is 18.5. The monoisotopic (exact) mass is 348 g/mol. The number of aliphatic imine (C=N–C) groups is 1. The highest BCUT2D eigenvalue weighted by atomic mass is 16.2. The second kappa shape index (κ2) is 9.44. The van der Waals surface area contributed by atoms with E-state index in [1.165, 1.54) is 44.9 Å². The van der Waals surface area contributed by atoms with E-state index >= 15 is 0 Å². The molecule has 1 unspecified atom stereocenters. The van der Waals surface area contributed by atoms with Crippen LogP contribution in [-0.2, 0) is 4.79 Å². The van der Waals surface area contributed by atoms with Gasteiger partial charge in [-0.05, 0) is 44.9 Å². The fraction of sp³-hybridized carbons (Fsp3) is 0.900. The van der Waals surface area contributed by atoms with Crippen LogP contribution < -0.4 is 10.6 Å². The van der Waals surface area contributed by atoms with Gasteiger partial charge in [0.15, 0.2) is 5.96 Å². The van der Waals surface area contributed by atoms with Gasteiger partial charge in [0.2, 0.25) is 5.91 Å². The third kappa shape index (κ3) is 5.89. The second-order valence-electron chi connectivity index (χ2n) is 8.10. The summed E-state index contributed by atoms with van der Waals surface area (Å²) in [5.41, 5.74) is 0. The standard InChI is InChI=1S/C20H36N4O/c1-2-21-20(22-13-6-7-16-10-11-16)23-18-12-14-24(15-18)19(25)17-8-4-3-5-9-17/h16-18H,2-15H2,1H3,(H2,21,22,23). The van der Waals surface area contributed by atoms with E-state index in [0.717, 1.165) is 57.3 Å². The van der Waals surface area contributed by atoms with Crippen LogP contribution in [0.2, 0.25) is 0 Å². The Labute approximate surface area is 153 Å². The van der Waals surface area contributed by atoms with Crippen LogP contribution in [0.25, 0.3) is 0 Å². The van der Waals surface area contributed by atoms with Crippen LogP contribution in [0.3, 0.4) is 0 Å². The van der Waals surface area contributed by atoms with Crippen molar-refractivity contribution in [3.63, 3.8) is 0 Å². The van der Waals surface area contributed by atoms with Gasteiger partial charge in [-0.2, -0.15) is 0 Å². The minimum absolute atomic E-state index is 0.289. The van der Waals surface area contributed by atoms with Crippen molar-refractivity contribution >= 4 is 11.9 Å². The molecule has 0 bridgehead atoms. The molecule has 1 atom stereocenters. The summed E-state index contributed by atoms with van der Waals surface area (Å²) >= 11 is 0. The lowest BCUT2D eigenvalue weighted by Gasteiger charge is -2.26. The van der Waals surface area contributed by atoms with Crippen LogP contribution in [0, 0.1) is 11.8 Å². The maximum atomic E-state index is 12.7. The van der Waals surface area contributed by atoms with Crippen LogP contribution in [0.4, 0.5) is 0 Å². The normalized spacial score (nSPS) is 25.2. The molecule has 142 valence electrons. The Balaban J connectivity index is 1.42. The molecule has 3 fully saturated rings. The van der Waals surface area contributed by atoms with Gasteiger partial charge in [-0.1, -0.05) is 32.1 Å². The van der Waals surface area contributed by atoms with E-state index in [-0.39, 0.29) is 5.92 Å². The average Bonchev–Trinajstić information content (AvgIpc) is 3.35. The summed E-state index contributed by atoms with van der Waals surface area (Å²) < 4.78 is 0. The third-order valence-corrected chi connectivity index (χ3v) is 5.88. The highest BCUT2D eigenvalue weighted by Crippen LogP contribution is 2.33. The van der Waals surface area contributed by atoms with E-state index < -0.39 is 0 Å². The SMILES string of the molecule is CCNC(=NCCCC1CC1)NC1CCN(C(=O)C2CCCCC2)C1. The van der Waals surface area contributed by atoms with Gasteiger partial charge in [-0.15, -0.1) is 0 Å². The number of guanidine groups is 1. The molecule has 1 saturated heterocycles. The predicted molar refractivity (Wildman–Crippen MR) is 103 cm³/mol. The molecule has 1 heterocycles. The summed E-state index contributed by atoms with van der Waals surface area (Å²) in [6, 6.07) is 0.341. The van der Waals surface area contributed by atoms with E-state index in [1.807, 2.05) is 0 Å². The van der Waals surface area contributed by atoms with Crippen molar-refractivity contribution in [3.05, 3.63) is 0 Å². The zero-order valence-corrected chi connectivity index (χ0v) is 15.9. The molecule has 5 heteroatoms. The summed E-state index contributed by atoms with van der Waals surface area (Å²) in [5, 5.41) is 6.91. The van der Waals surface area contributed by atoms with Gasteiger partial charge < -0.3 is 15.5 Å². The van der Waals surface area contributed by atoms with Crippen molar-refractivity contribution in [1.29, 1.82) is 0 Å². The first-order chi connectivity index (χ1) is 12.3. The van der Waals surface area contributed by atoms with Gasteiger partial charge in [-0.3, -0.25) is 9.79 Å². The lowest BCUT2D eigenvalue weighted by molar-refractivity contribution is -0.135. The molecule has 0 aromatic rings. The molecular weight excluding hydrogens is 312 g/mol. The number of nitrogens with one attached hydrogen (secondary N) is 2. The summed E-state index contributed by atoms with van der Waals surface area (Å²) in [5.74, 6) is 2.60. The Morgan fingerprint density at radius 3 is 2.64 bits per heavy atom. The average molecular weight is 349 g/mol. The first-order valence-electron chi connectivity index (χ1n) is 10.6. The number of hydrogen-bond acceptors (Lipinski definition) is 2. The van der Waals surface area contributed by atoms with Gasteiger partial charge in [0, 0.05) is 38.1 Å². The molecule has 3 aliphatic rings. The topological polar surface area (TPSA) is 56.7 Å². The molecule has 0 spiro atoms. The van der Waals surface area contributed by atoms with Crippen LogP contribution >= 0.6 is 0 Å². The number of rotatable bonds is 7. The van der Waals surface area contributed by atoms with Crippen molar-refractivity contribution < 1.29 is 4.79 Å². The quantitative estimate of drug-likeness (QED) is 0.422. The lowest BCUT2D eigenvalue weighted by atomic mass is 9.88. The number of carbonyl (C=O) groups is 1. The summed E-state index contributed by atoms with van der Waals surface area (Å²) in [6.45, 7) is 5.63. The maximum Gasteiger partial charge on any atom is 0.225 e. The molecular formula is C20H36N4O. The second-order valence-corrected chi connectivity index (χ2v) is 8.10. The fourth-order valence-corrected chi connectivity index (χ4v) is 4.18. The molecule has 25 heavy (non-hydrogen) atoms. The van der Waals surface area contributed by atoms with Crippen LogP contribution in [0.1, 0.15) is 71.1 Å². The lowest BCUT2D eigenvalue weighted by Crippen LogP contribution is -2.45. The maximum absolute atomic E-state index is 12.7. The Hall–Kier alpha value is -1.26. The highest BCUT2D eigenvalue weighted by Gasteiger charge is 2.31. The molecule has 1 amide bonds. The summed E-state index contributed by atoms with van der Waals surface area (Å²) in [7, 11) is 0. The van der Waals surface area contributed by atoms with Crippen LogP contribution in [0.15, 0.2) is 4.99 Å². The van der Waals surface area contributed by atoms with Gasteiger partial charge in [0.05, 0.1) is 0 Å². The number of amides is 1. The van der Waals surface area contributed by atoms with E-state index in [1.54, 1.807) is 0 Å². The molecule has 0 radical (unpaired) electrons. The van der Waals surface area contributed by atoms with E-state index in [9.17, 15) is 4.79 Å². The molecule has 2 aliphatic carbocycles. The summed E-state index contributed by atoms with van der Waals surface area (Å²) in [4.78, 5) is 19.5. The number of carbonyl (C=O) groups excluding carboxylic acids is 1. The van der Waals surface area contributed by atoms with Crippen molar-refractivity contribution in [1.82, 2.24) is 15.5 Å². The van der Waals surface area contributed by atoms with E-state index in [0.29, 0.717) is 11.9 Å². The zero-order valence-electron chi connectivity index (χ0n) is 15.9. The molecule has 1 aliphatic heterocycles. The predicted octanol–water partition coefficient (Wildman–Crippen LogP) is 2.91. The van der Waals surface area contributed by atoms with Crippen LogP contribution in [0.5, 0.6) is 0 Å². The van der Waals surface area contributed by atoms with E-state index in [4.69, 9.17) is 4.99 Å². The van der Waals surface area contributed by atoms with Gasteiger partial charge in [-0.25, -0.2) is 0 Å². The van der Waals surface area contributed by atoms with Crippen molar-refractivity contribution in [2.75, 3.05) is 26.2 Å². The zero-order chi connectivity index (χ0) is 17.5. The number of hydrogen-bond donors (Lipinski definition) is 2. The minimum Gasteiger partial charge on any atom is -0.357 e. The largest absolute Gasteiger partial charge is 0.357 e. The Kier molecular flexibility index (Phi) is 7.00. The molecule has 0 aromatic heterocycles. The Morgan fingerprint density at radius 2 is 1.92 bits per heavy atom. The van der Waals surface area contributed by atoms with Gasteiger partial charge >= 0.3 is 0 Å². The van der Waals surface area contributed by atoms with Gasteiger partial charge in [0.1, 0.15) is 0 Å². The molecule has 2 saturated carbocycles. The van der Waals surface area contributed by atoms with Gasteiger partial charge in [0.25, 0.3) is 0 Å². The smallest absolute Gasteiger partial charge is 0.225 e. The van der Waals surface area contributed by atoms with Crippen LogP contribution in [-0.4, -0.2) is 49.0 Å². The van der Waals surface area contributed by atoms with Crippen molar-refractivity contribution in [2.45, 2.75) is 77.2 Å². The minimum atomic E-state index is 0.289. The summed E-state index contributed by atoms with van der Waals surface area (Å²) in [6.07, 6.45) is 12.4. The first-order valence-corrected chi connectivity index (χ1v) is 10.6. The fourth-order valence-electron chi connectivity index (χ4n) is 4.18. The Morgan fingerprint density at radius 1 is 1.12 bits per heavy atom. The molecule has 0 aromatic carbocycles. The highest BCUT2D eigenvalue weighted by molar-refractivity contribution is 5.81. The Bertz CT molecular complexity index is 455. The van der Waals surface area contributed by atoms with E-state index in [2.05, 4.69) is 22.5 Å². The van der Waals surface area contributed by atoms with Crippen molar-refractivity contribution in [3.8, 4) is 0 Å². The number of likely N-dealkylation sites (tertiary alicyclic amines) is 1. The molecule has 2 N–H and O–H groups in total. The third-order valence-electron chi connectivity index (χ3n) is 5.88. The van der Waals surface area contributed by atoms with Crippen molar-refractivity contribution in [2.24, 2.45) is 16.8 Å². The number of nitrogens with zero attached hydrogens (tertiary/aromatic N) is 2. The molecule has 3 rings (SSSR count).